The minimum absolute atomic E-state index is 0.288. The van der Waals surface area contributed by atoms with Gasteiger partial charge >= 0.3 is 6.03 Å². The lowest BCUT2D eigenvalue weighted by Gasteiger charge is -2.06. The Labute approximate surface area is 124 Å². The number of hydrogen-bond acceptors (Lipinski definition) is 3. The lowest BCUT2D eigenvalue weighted by molar-refractivity contribution is 0.0967. The molecule has 2 N–H and O–H groups in total. The molecule has 0 aliphatic rings. The number of anilines is 1. The fraction of sp³-hybridized carbons (Fsp3) is 0. The van der Waals surface area contributed by atoms with Gasteiger partial charge in [0, 0.05) is 16.8 Å². The van der Waals surface area contributed by atoms with Crippen molar-refractivity contribution in [3.05, 3.63) is 58.2 Å². The molecular weight excluding hydrogens is 301 g/mol. The molecule has 0 unspecified atom stereocenters. The number of hydrogen-bond donors (Lipinski definition) is 2. The van der Waals surface area contributed by atoms with Crippen LogP contribution < -0.4 is 10.6 Å². The van der Waals surface area contributed by atoms with Crippen LogP contribution >= 0.6 is 23.2 Å². The first-order chi connectivity index (χ1) is 9.54. The number of aromatic nitrogens is 1. The Morgan fingerprint density at radius 1 is 0.950 bits per heavy atom. The number of imide groups is 1. The van der Waals surface area contributed by atoms with Crippen LogP contribution in [0, 0.1) is 0 Å². The summed E-state index contributed by atoms with van der Waals surface area (Å²) < 4.78 is 0. The molecule has 2 rings (SSSR count). The lowest BCUT2D eigenvalue weighted by atomic mass is 10.2. The first-order valence-electron chi connectivity index (χ1n) is 5.54. The van der Waals surface area contributed by atoms with Gasteiger partial charge in [0.2, 0.25) is 0 Å². The van der Waals surface area contributed by atoms with Gasteiger partial charge in [-0.25, -0.2) is 9.78 Å². The molecule has 102 valence electrons. The molecular formula is C13H9Cl2N3O2. The number of benzene rings is 1. The average molecular weight is 310 g/mol. The van der Waals surface area contributed by atoms with E-state index in [2.05, 4.69) is 15.6 Å². The molecule has 5 nitrogen and oxygen atoms in total. The maximum Gasteiger partial charge on any atom is 0.327 e. The van der Waals surface area contributed by atoms with Crippen LogP contribution in [0.4, 0.5) is 10.6 Å². The van der Waals surface area contributed by atoms with Gasteiger partial charge in [-0.1, -0.05) is 23.2 Å². The number of amides is 3. The number of carbonyl (C=O) groups is 2. The molecule has 20 heavy (non-hydrogen) atoms. The van der Waals surface area contributed by atoms with Crippen molar-refractivity contribution in [2.75, 3.05) is 5.32 Å². The number of carbonyl (C=O) groups excluding carboxylic acids is 2. The highest BCUT2D eigenvalue weighted by atomic mass is 35.5. The number of pyridine rings is 1. The number of nitrogens with zero attached hydrogens (tertiary/aromatic N) is 1. The first-order valence-corrected chi connectivity index (χ1v) is 6.29. The van der Waals surface area contributed by atoms with Gasteiger partial charge in [-0.2, -0.15) is 0 Å². The van der Waals surface area contributed by atoms with Crippen LogP contribution in [0.3, 0.4) is 0 Å². The Kier molecular flexibility index (Phi) is 4.55. The van der Waals surface area contributed by atoms with E-state index in [4.69, 9.17) is 23.2 Å². The van der Waals surface area contributed by atoms with E-state index in [1.165, 1.54) is 24.4 Å². The van der Waals surface area contributed by atoms with Crippen LogP contribution in [0.1, 0.15) is 10.4 Å². The Morgan fingerprint density at radius 2 is 1.60 bits per heavy atom. The van der Waals surface area contributed by atoms with Crippen molar-refractivity contribution in [1.29, 1.82) is 0 Å². The summed E-state index contributed by atoms with van der Waals surface area (Å²) in [6.07, 6.45) is 1.39. The molecule has 0 radical (unpaired) electrons. The van der Waals surface area contributed by atoms with Crippen LogP contribution in [0.15, 0.2) is 42.6 Å². The van der Waals surface area contributed by atoms with Crippen LogP contribution in [-0.4, -0.2) is 16.9 Å². The largest absolute Gasteiger partial charge is 0.327 e. The summed E-state index contributed by atoms with van der Waals surface area (Å²) in [7, 11) is 0. The Morgan fingerprint density at radius 3 is 2.20 bits per heavy atom. The molecule has 1 heterocycles. The molecule has 0 bridgehead atoms. The molecule has 0 saturated heterocycles. The van der Waals surface area contributed by atoms with Crippen LogP contribution in [0.2, 0.25) is 10.0 Å². The molecule has 1 aromatic heterocycles. The van der Waals surface area contributed by atoms with Gasteiger partial charge in [-0.05, 0) is 36.4 Å². The van der Waals surface area contributed by atoms with E-state index < -0.39 is 11.9 Å². The molecule has 0 spiro atoms. The SMILES string of the molecule is O=C(NC(=O)c1ccc(Cl)cc1)Nc1ccc(Cl)cn1. The van der Waals surface area contributed by atoms with Gasteiger partial charge in [-0.3, -0.25) is 15.4 Å². The number of halogens is 2. The molecule has 7 heteroatoms. The zero-order valence-electron chi connectivity index (χ0n) is 10.1. The third-order valence-corrected chi connectivity index (χ3v) is 2.78. The number of urea groups is 1. The number of rotatable bonds is 2. The molecule has 0 aliphatic carbocycles. The van der Waals surface area contributed by atoms with E-state index in [0.29, 0.717) is 15.6 Å². The summed E-state index contributed by atoms with van der Waals surface area (Å²) in [5.41, 5.74) is 0.327. The maximum atomic E-state index is 11.8. The van der Waals surface area contributed by atoms with Gasteiger partial charge in [0.25, 0.3) is 5.91 Å². The monoisotopic (exact) mass is 309 g/mol. The average Bonchev–Trinajstić information content (AvgIpc) is 2.42. The van der Waals surface area contributed by atoms with Crippen LogP contribution in [-0.2, 0) is 0 Å². The quantitative estimate of drug-likeness (QED) is 0.893. The van der Waals surface area contributed by atoms with Crippen molar-refractivity contribution in [1.82, 2.24) is 10.3 Å². The fourth-order valence-corrected chi connectivity index (χ4v) is 1.61. The van der Waals surface area contributed by atoms with E-state index in [1.54, 1.807) is 18.2 Å². The van der Waals surface area contributed by atoms with Crippen molar-refractivity contribution in [3.8, 4) is 0 Å². The van der Waals surface area contributed by atoms with Crippen molar-refractivity contribution in [2.24, 2.45) is 0 Å². The minimum Gasteiger partial charge on any atom is -0.292 e. The lowest BCUT2D eigenvalue weighted by Crippen LogP contribution is -2.34. The normalized spacial score (nSPS) is 9.90. The predicted octanol–water partition coefficient (Wildman–Crippen LogP) is 3.35. The highest BCUT2D eigenvalue weighted by Gasteiger charge is 2.10. The summed E-state index contributed by atoms with van der Waals surface area (Å²) in [6, 6.07) is 8.58. The second-order valence-corrected chi connectivity index (χ2v) is 4.65. The Balaban J connectivity index is 1.95. The van der Waals surface area contributed by atoms with Gasteiger partial charge in [0.1, 0.15) is 5.82 Å². The summed E-state index contributed by atoms with van der Waals surface area (Å²) in [4.78, 5) is 27.2. The standard InChI is InChI=1S/C13H9Cl2N3O2/c14-9-3-1-8(2-4-9)12(19)18-13(20)17-11-6-5-10(15)7-16-11/h1-7H,(H2,16,17,18,19,20). The second kappa shape index (κ2) is 6.36. The molecule has 3 amide bonds. The van der Waals surface area contributed by atoms with Crippen molar-refractivity contribution in [3.63, 3.8) is 0 Å². The van der Waals surface area contributed by atoms with Gasteiger partial charge < -0.3 is 0 Å². The van der Waals surface area contributed by atoms with E-state index in [1.807, 2.05) is 0 Å². The fourth-order valence-electron chi connectivity index (χ4n) is 1.37. The van der Waals surface area contributed by atoms with Crippen LogP contribution in [0.5, 0.6) is 0 Å². The smallest absolute Gasteiger partial charge is 0.292 e. The molecule has 0 saturated carbocycles. The van der Waals surface area contributed by atoms with E-state index in [-0.39, 0.29) is 5.82 Å². The minimum atomic E-state index is -0.681. The molecule has 0 fully saturated rings. The van der Waals surface area contributed by atoms with Gasteiger partial charge in [0.05, 0.1) is 5.02 Å². The topological polar surface area (TPSA) is 71.1 Å². The molecule has 2 aromatic rings. The third-order valence-electron chi connectivity index (χ3n) is 2.30. The van der Waals surface area contributed by atoms with Crippen LogP contribution in [0.25, 0.3) is 0 Å². The van der Waals surface area contributed by atoms with Gasteiger partial charge in [-0.15, -0.1) is 0 Å². The zero-order valence-corrected chi connectivity index (χ0v) is 11.6. The molecule has 0 aliphatic heterocycles. The van der Waals surface area contributed by atoms with Crippen molar-refractivity contribution in [2.45, 2.75) is 0 Å². The Hall–Kier alpha value is -2.11. The molecule has 0 atom stereocenters. The third kappa shape index (κ3) is 3.94. The highest BCUT2D eigenvalue weighted by Crippen LogP contribution is 2.10. The first kappa shape index (κ1) is 14.3. The highest BCUT2D eigenvalue weighted by molar-refractivity contribution is 6.30. The summed E-state index contributed by atoms with van der Waals surface area (Å²) >= 11 is 11.4. The van der Waals surface area contributed by atoms with Crippen molar-refractivity contribution >= 4 is 41.0 Å². The predicted molar refractivity (Wildman–Crippen MR) is 77.2 cm³/mol. The summed E-state index contributed by atoms with van der Waals surface area (Å²) in [5.74, 6) is -0.246. The van der Waals surface area contributed by atoms with E-state index in [9.17, 15) is 9.59 Å². The second-order valence-electron chi connectivity index (χ2n) is 3.78. The number of nitrogens with one attached hydrogen (secondary N) is 2. The van der Waals surface area contributed by atoms with Crippen molar-refractivity contribution < 1.29 is 9.59 Å². The Bertz CT molecular complexity index is 627. The zero-order chi connectivity index (χ0) is 14.5. The van der Waals surface area contributed by atoms with Gasteiger partial charge in [0.15, 0.2) is 0 Å². The summed E-state index contributed by atoms with van der Waals surface area (Å²) in [5, 5.41) is 5.55. The molecule has 1 aromatic carbocycles. The van der Waals surface area contributed by atoms with E-state index >= 15 is 0 Å². The van der Waals surface area contributed by atoms with E-state index in [0.717, 1.165) is 0 Å². The maximum absolute atomic E-state index is 11.8. The summed E-state index contributed by atoms with van der Waals surface area (Å²) in [6.45, 7) is 0.